The van der Waals surface area contributed by atoms with Crippen LogP contribution in [0.4, 0.5) is 0 Å². The molecule has 31 heavy (non-hydrogen) atoms. The minimum absolute atomic E-state index is 0.00314. The van der Waals surface area contributed by atoms with Crippen LogP contribution in [-0.2, 0) is 21.2 Å². The van der Waals surface area contributed by atoms with Crippen molar-refractivity contribution in [2.24, 2.45) is 0 Å². The lowest BCUT2D eigenvalue weighted by Crippen LogP contribution is -2.51. The summed E-state index contributed by atoms with van der Waals surface area (Å²) >= 11 is 1.51. The zero-order valence-corrected chi connectivity index (χ0v) is 18.4. The number of nitriles is 1. The average molecular weight is 457 g/mol. The first-order valence-corrected chi connectivity index (χ1v) is 12.0. The minimum atomic E-state index is -3.79. The number of aromatic nitrogens is 1. The van der Waals surface area contributed by atoms with E-state index < -0.39 is 10.0 Å². The number of amides is 1. The van der Waals surface area contributed by atoms with E-state index >= 15 is 0 Å². The monoisotopic (exact) mass is 456 g/mol. The fraction of sp³-hybridized carbons (Fsp3) is 0.286. The van der Waals surface area contributed by atoms with Crippen molar-refractivity contribution >= 4 is 27.3 Å². The van der Waals surface area contributed by atoms with Gasteiger partial charge in [0.15, 0.2) is 0 Å². The summed E-state index contributed by atoms with van der Waals surface area (Å²) in [6.45, 7) is 2.69. The summed E-state index contributed by atoms with van der Waals surface area (Å²) in [5.74, 6) is 0.983. The van der Waals surface area contributed by atoms with Gasteiger partial charge in [-0.25, -0.2) is 13.4 Å². The van der Waals surface area contributed by atoms with Crippen LogP contribution in [0.1, 0.15) is 17.0 Å². The lowest BCUT2D eigenvalue weighted by atomic mass is 10.2. The van der Waals surface area contributed by atoms with E-state index in [0.717, 1.165) is 4.88 Å². The SMILES string of the molecule is Cc1oc(-c2cccs2)nc1CC(=O)N1CCN(S(=O)(=O)c2ccccc2C#N)CC1. The van der Waals surface area contributed by atoms with E-state index in [1.807, 2.05) is 23.6 Å². The molecule has 10 heteroatoms. The summed E-state index contributed by atoms with van der Waals surface area (Å²) in [6.07, 6.45) is 0.102. The molecule has 1 fully saturated rings. The standard InChI is InChI=1S/C21H20N4O4S2/c1-15-17(23-21(29-15)18-6-4-12-30-18)13-20(26)24-8-10-25(11-9-24)31(27,28)19-7-3-2-5-16(19)14-22/h2-7,12H,8-11,13H2,1H3. The highest BCUT2D eigenvalue weighted by Crippen LogP contribution is 2.26. The molecule has 160 valence electrons. The first-order valence-electron chi connectivity index (χ1n) is 9.67. The van der Waals surface area contributed by atoms with E-state index in [1.165, 1.54) is 27.8 Å². The van der Waals surface area contributed by atoms with Crippen molar-refractivity contribution in [3.05, 3.63) is 58.8 Å². The van der Waals surface area contributed by atoms with E-state index in [-0.39, 0.29) is 49.0 Å². The van der Waals surface area contributed by atoms with E-state index in [9.17, 15) is 18.5 Å². The number of hydrogen-bond donors (Lipinski definition) is 0. The summed E-state index contributed by atoms with van der Waals surface area (Å²) in [5.41, 5.74) is 0.704. The van der Waals surface area contributed by atoms with Crippen molar-refractivity contribution in [1.82, 2.24) is 14.2 Å². The molecule has 0 bridgehead atoms. The first-order chi connectivity index (χ1) is 14.9. The molecule has 4 rings (SSSR count). The molecule has 0 radical (unpaired) electrons. The van der Waals surface area contributed by atoms with Gasteiger partial charge in [-0.3, -0.25) is 4.79 Å². The summed E-state index contributed by atoms with van der Waals surface area (Å²) in [4.78, 5) is 19.8. The van der Waals surface area contributed by atoms with Crippen LogP contribution in [0.2, 0.25) is 0 Å². The molecule has 0 N–H and O–H groups in total. The van der Waals surface area contributed by atoms with Crippen LogP contribution in [0.25, 0.3) is 10.8 Å². The van der Waals surface area contributed by atoms with Crippen molar-refractivity contribution in [2.45, 2.75) is 18.2 Å². The molecule has 1 saturated heterocycles. The molecule has 1 amide bonds. The number of oxazole rings is 1. The van der Waals surface area contributed by atoms with Crippen molar-refractivity contribution < 1.29 is 17.6 Å². The van der Waals surface area contributed by atoms with Gasteiger partial charge in [0.2, 0.25) is 21.8 Å². The third-order valence-corrected chi connectivity index (χ3v) is 7.97. The Bertz CT molecular complexity index is 1230. The molecule has 0 saturated carbocycles. The largest absolute Gasteiger partial charge is 0.440 e. The molecule has 2 aromatic heterocycles. The van der Waals surface area contributed by atoms with Crippen molar-refractivity contribution in [3.63, 3.8) is 0 Å². The van der Waals surface area contributed by atoms with Gasteiger partial charge < -0.3 is 9.32 Å². The summed E-state index contributed by atoms with van der Waals surface area (Å²) in [7, 11) is -3.79. The zero-order chi connectivity index (χ0) is 22.0. The maximum absolute atomic E-state index is 12.9. The van der Waals surface area contributed by atoms with E-state index in [0.29, 0.717) is 17.3 Å². The van der Waals surface area contributed by atoms with Crippen LogP contribution in [0.15, 0.2) is 51.1 Å². The van der Waals surface area contributed by atoms with Crippen molar-refractivity contribution in [3.8, 4) is 16.8 Å². The number of aryl methyl sites for hydroxylation is 1. The highest BCUT2D eigenvalue weighted by atomic mass is 32.2. The molecule has 1 aromatic carbocycles. The molecule has 0 aliphatic carbocycles. The predicted molar refractivity (Wildman–Crippen MR) is 115 cm³/mol. The Morgan fingerprint density at radius 1 is 1.19 bits per heavy atom. The Kier molecular flexibility index (Phi) is 5.91. The quantitative estimate of drug-likeness (QED) is 0.584. The van der Waals surface area contributed by atoms with Gasteiger partial charge in [0.1, 0.15) is 11.8 Å². The van der Waals surface area contributed by atoms with Crippen LogP contribution in [-0.4, -0.2) is 54.7 Å². The van der Waals surface area contributed by atoms with Gasteiger partial charge in [-0.1, -0.05) is 18.2 Å². The number of thiophene rings is 1. The van der Waals surface area contributed by atoms with Gasteiger partial charge >= 0.3 is 0 Å². The molecule has 0 atom stereocenters. The minimum Gasteiger partial charge on any atom is -0.440 e. The van der Waals surface area contributed by atoms with Gasteiger partial charge in [-0.05, 0) is 30.5 Å². The molecule has 0 spiro atoms. The number of rotatable bonds is 5. The highest BCUT2D eigenvalue weighted by molar-refractivity contribution is 7.89. The number of piperazine rings is 1. The van der Waals surface area contributed by atoms with Gasteiger partial charge in [0.05, 0.1) is 27.5 Å². The Hall–Kier alpha value is -3.00. The highest BCUT2D eigenvalue weighted by Gasteiger charge is 2.32. The number of sulfonamides is 1. The number of carbonyl (C=O) groups excluding carboxylic acids is 1. The number of nitrogens with zero attached hydrogens (tertiary/aromatic N) is 4. The van der Waals surface area contributed by atoms with E-state index in [2.05, 4.69) is 4.98 Å². The fourth-order valence-electron chi connectivity index (χ4n) is 3.45. The molecule has 8 nitrogen and oxygen atoms in total. The molecule has 1 aliphatic heterocycles. The Morgan fingerprint density at radius 2 is 1.94 bits per heavy atom. The molecule has 1 aliphatic rings. The molecule has 0 unspecified atom stereocenters. The maximum atomic E-state index is 12.9. The Labute approximate surface area is 184 Å². The topological polar surface area (TPSA) is 108 Å². The summed E-state index contributed by atoms with van der Waals surface area (Å²) < 4.78 is 32.9. The second-order valence-electron chi connectivity index (χ2n) is 7.07. The van der Waals surface area contributed by atoms with Gasteiger partial charge in [0.25, 0.3) is 0 Å². The number of carbonyl (C=O) groups is 1. The first kappa shape index (κ1) is 21.2. The van der Waals surface area contributed by atoms with Gasteiger partial charge in [-0.15, -0.1) is 11.3 Å². The lowest BCUT2D eigenvalue weighted by Gasteiger charge is -2.34. The molecular weight excluding hydrogens is 436 g/mol. The maximum Gasteiger partial charge on any atom is 0.244 e. The van der Waals surface area contributed by atoms with Crippen LogP contribution in [0.3, 0.4) is 0 Å². The fourth-order valence-corrected chi connectivity index (χ4v) is 5.67. The second-order valence-corrected chi connectivity index (χ2v) is 9.92. The van der Waals surface area contributed by atoms with Crippen LogP contribution >= 0.6 is 11.3 Å². The van der Waals surface area contributed by atoms with Crippen LogP contribution in [0, 0.1) is 18.3 Å². The zero-order valence-electron chi connectivity index (χ0n) is 16.8. The second kappa shape index (κ2) is 8.63. The molecule has 3 heterocycles. The van der Waals surface area contributed by atoms with Crippen molar-refractivity contribution in [1.29, 1.82) is 5.26 Å². The van der Waals surface area contributed by atoms with E-state index in [4.69, 9.17) is 4.42 Å². The third kappa shape index (κ3) is 4.25. The number of benzene rings is 1. The van der Waals surface area contributed by atoms with E-state index in [1.54, 1.807) is 24.0 Å². The molecule has 3 aromatic rings. The Morgan fingerprint density at radius 3 is 2.61 bits per heavy atom. The van der Waals surface area contributed by atoms with Crippen LogP contribution in [0.5, 0.6) is 0 Å². The third-order valence-electron chi connectivity index (χ3n) is 5.16. The van der Waals surface area contributed by atoms with Crippen LogP contribution < -0.4 is 0 Å². The van der Waals surface area contributed by atoms with Gasteiger partial charge in [-0.2, -0.15) is 9.57 Å². The Balaban J connectivity index is 1.41. The molecular formula is C21H20N4O4S2. The predicted octanol–water partition coefficient (Wildman–Crippen LogP) is 2.66. The van der Waals surface area contributed by atoms with Crippen molar-refractivity contribution in [2.75, 3.05) is 26.2 Å². The van der Waals surface area contributed by atoms with Gasteiger partial charge in [0, 0.05) is 26.2 Å². The summed E-state index contributed by atoms with van der Waals surface area (Å²) in [5, 5.41) is 11.2. The summed E-state index contributed by atoms with van der Waals surface area (Å²) in [6, 6.07) is 11.9. The smallest absolute Gasteiger partial charge is 0.244 e. The number of hydrogen-bond acceptors (Lipinski definition) is 7. The average Bonchev–Trinajstić information content (AvgIpc) is 3.44. The normalized spacial score (nSPS) is 15.0. The lowest BCUT2D eigenvalue weighted by molar-refractivity contribution is -0.131.